The van der Waals surface area contributed by atoms with Gasteiger partial charge >= 0.3 is 6.09 Å². The van der Waals surface area contributed by atoms with Crippen LogP contribution in [0.3, 0.4) is 0 Å². The second-order valence-electron chi connectivity index (χ2n) is 15.2. The molecule has 3 aromatic rings. The van der Waals surface area contributed by atoms with E-state index in [1.54, 1.807) is 22.7 Å². The second kappa shape index (κ2) is 21.1. The van der Waals surface area contributed by atoms with Gasteiger partial charge < -0.3 is 34.0 Å². The summed E-state index contributed by atoms with van der Waals surface area (Å²) < 4.78 is 26.6. The van der Waals surface area contributed by atoms with Crippen molar-refractivity contribution < 1.29 is 38.8 Å². The highest BCUT2D eigenvalue weighted by atomic mass is 32.2. The van der Waals surface area contributed by atoms with Crippen molar-refractivity contribution >= 4 is 23.6 Å². The predicted molar refractivity (Wildman–Crippen MR) is 229 cm³/mol. The zero-order valence-corrected chi connectivity index (χ0v) is 35.0. The number of aliphatic hydroxyl groups is 2. The highest BCUT2D eigenvalue weighted by Crippen LogP contribution is 2.62. The molecule has 0 saturated heterocycles. The predicted octanol–water partition coefficient (Wildman–Crippen LogP) is 9.90. The van der Waals surface area contributed by atoms with E-state index in [1.807, 2.05) is 80.6 Å². The van der Waals surface area contributed by atoms with E-state index >= 15 is 0 Å². The van der Waals surface area contributed by atoms with E-state index in [-0.39, 0.29) is 50.8 Å². The molecule has 1 fully saturated rings. The number of ether oxygens (including phenoxy) is 4. The maximum absolute atomic E-state index is 14.0. The summed E-state index contributed by atoms with van der Waals surface area (Å²) in [6.45, 7) is 9.22. The van der Waals surface area contributed by atoms with Crippen LogP contribution in [0.15, 0.2) is 107 Å². The third-order valence-electron chi connectivity index (χ3n) is 11.5. The second-order valence-corrected chi connectivity index (χ2v) is 16.1. The number of nitrogens with zero attached hydrogens (tertiary/aromatic N) is 2. The molecule has 1 aliphatic heterocycles. The highest BCUT2D eigenvalue weighted by molar-refractivity contribution is 7.98. The first-order chi connectivity index (χ1) is 28.4. The van der Waals surface area contributed by atoms with Crippen LogP contribution >= 0.6 is 11.8 Å². The lowest BCUT2D eigenvalue weighted by Crippen LogP contribution is -2.70. The highest BCUT2D eigenvalue weighted by Gasteiger charge is 2.65. The largest absolute Gasteiger partial charge is 0.459 e. The molecule has 3 aromatic carbocycles. The van der Waals surface area contributed by atoms with Crippen molar-refractivity contribution in [1.29, 1.82) is 0 Å². The van der Waals surface area contributed by atoms with Crippen molar-refractivity contribution in [3.63, 3.8) is 0 Å². The fourth-order valence-electron chi connectivity index (χ4n) is 9.07. The van der Waals surface area contributed by atoms with Gasteiger partial charge in [-0.1, -0.05) is 67.4 Å². The molecule has 3 aliphatic rings. The number of unbranched alkanes of at least 4 members (excludes halogenated alkanes) is 2. The van der Waals surface area contributed by atoms with Crippen molar-refractivity contribution in [2.24, 2.45) is 22.9 Å². The smallest absolute Gasteiger partial charge is 0.410 e. The van der Waals surface area contributed by atoms with Gasteiger partial charge in [0.05, 0.1) is 24.8 Å². The summed E-state index contributed by atoms with van der Waals surface area (Å²) in [5.74, 6) is 0.363. The average Bonchev–Trinajstić information content (AvgIpc) is 3.24. The van der Waals surface area contributed by atoms with Gasteiger partial charge in [0.25, 0.3) is 0 Å². The summed E-state index contributed by atoms with van der Waals surface area (Å²) in [6.07, 6.45) is 11.4. The molecule has 1 heterocycles. The number of hydrogen-bond acceptors (Lipinski definition) is 10. The Morgan fingerprint density at radius 2 is 1.74 bits per heavy atom. The normalized spacial score (nSPS) is 23.8. The first-order valence-corrected chi connectivity index (χ1v) is 22.1. The summed E-state index contributed by atoms with van der Waals surface area (Å²) in [4.78, 5) is 23.1. The summed E-state index contributed by atoms with van der Waals surface area (Å²) in [6, 6.07) is 23.4. The number of amides is 1. The summed E-state index contributed by atoms with van der Waals surface area (Å²) in [7, 11) is 0. The maximum Gasteiger partial charge on any atom is 0.410 e. The third kappa shape index (κ3) is 9.76. The zero-order chi connectivity index (χ0) is 40.9. The summed E-state index contributed by atoms with van der Waals surface area (Å²) in [5.41, 5.74) is 3.72. The Labute approximate surface area is 348 Å². The van der Waals surface area contributed by atoms with Gasteiger partial charge in [0.15, 0.2) is 0 Å². The molecule has 1 amide bonds. The number of allylic oxidation sites excluding steroid dienone is 1. The van der Waals surface area contributed by atoms with E-state index < -0.39 is 23.8 Å². The molecular weight excluding hydrogens is 753 g/mol. The Balaban J connectivity index is 1.57. The Kier molecular flexibility index (Phi) is 15.8. The zero-order valence-electron chi connectivity index (χ0n) is 34.2. The van der Waals surface area contributed by atoms with Gasteiger partial charge in [-0.3, -0.25) is 4.90 Å². The van der Waals surface area contributed by atoms with Crippen molar-refractivity contribution in [2.75, 3.05) is 39.2 Å². The van der Waals surface area contributed by atoms with Crippen LogP contribution in [-0.2, 0) is 20.9 Å². The lowest BCUT2D eigenvalue weighted by atomic mass is 9.55. The van der Waals surface area contributed by atoms with Crippen LogP contribution in [-0.4, -0.2) is 78.0 Å². The number of carbonyl (C=O) groups excluding carboxylic acids is 1. The minimum absolute atomic E-state index is 0.0944. The van der Waals surface area contributed by atoms with Crippen LogP contribution < -0.4 is 9.47 Å². The standard InChI is InChI=1S/C47H60N2O8S/c1-5-25-49(46(52)53-7-3)43-31-41(48-55-32-33-15-9-8-10-16-33)39-29-34(17-11-13-26-50)38(18-12-14-27-51)44-40-30-36(56-35-19-22-37(58-4)23-20-35)21-24-42(40)57-47(43,45(39)44)54-28-6-2/h6,8-10,15-16,19-24,29-30,34,38,43-45,50-51H,2,5,7,11-14,17-18,25-28,31-32H2,1,3-4H3/t34-,38+,43-,44+,45+,47+/m0/s1. The van der Waals surface area contributed by atoms with E-state index in [0.29, 0.717) is 43.7 Å². The quantitative estimate of drug-likeness (QED) is 0.0469. The molecule has 2 N–H and O–H groups in total. The van der Waals surface area contributed by atoms with Crippen LogP contribution in [0.2, 0.25) is 0 Å². The van der Waals surface area contributed by atoms with Gasteiger partial charge in [-0.2, -0.15) is 0 Å². The van der Waals surface area contributed by atoms with E-state index in [9.17, 15) is 15.0 Å². The number of fused-ring (bicyclic) bond motifs is 2. The van der Waals surface area contributed by atoms with Crippen LogP contribution in [0.25, 0.3) is 0 Å². The first kappa shape index (κ1) is 43.3. The molecule has 1 saturated carbocycles. The average molecular weight is 813 g/mol. The van der Waals surface area contributed by atoms with Crippen molar-refractivity contribution in [2.45, 2.75) is 94.5 Å². The molecule has 6 rings (SSSR count). The molecule has 2 aliphatic carbocycles. The van der Waals surface area contributed by atoms with E-state index in [4.69, 9.17) is 28.9 Å². The van der Waals surface area contributed by atoms with Crippen LogP contribution in [0.5, 0.6) is 17.2 Å². The van der Waals surface area contributed by atoms with Gasteiger partial charge in [-0.15, -0.1) is 18.3 Å². The summed E-state index contributed by atoms with van der Waals surface area (Å²) >= 11 is 1.68. The molecule has 58 heavy (non-hydrogen) atoms. The fourth-order valence-corrected chi connectivity index (χ4v) is 9.48. The molecule has 0 bridgehead atoms. The Bertz CT molecular complexity index is 1850. The number of aliphatic hydroxyl groups excluding tert-OH is 2. The molecule has 0 spiro atoms. The topological polar surface area (TPSA) is 119 Å². The Morgan fingerprint density at radius 3 is 2.43 bits per heavy atom. The minimum atomic E-state index is -1.35. The molecular formula is C47H60N2O8S. The molecule has 11 heteroatoms. The minimum Gasteiger partial charge on any atom is -0.459 e. The number of carbonyl (C=O) groups is 1. The number of thioether (sulfide) groups is 1. The van der Waals surface area contributed by atoms with Crippen LogP contribution in [0.4, 0.5) is 4.79 Å². The molecule has 0 aromatic heterocycles. The Morgan fingerprint density at radius 1 is 1.00 bits per heavy atom. The first-order valence-electron chi connectivity index (χ1n) is 20.9. The monoisotopic (exact) mass is 812 g/mol. The van der Waals surface area contributed by atoms with Gasteiger partial charge in [0, 0.05) is 42.6 Å². The van der Waals surface area contributed by atoms with Crippen LogP contribution in [0, 0.1) is 17.8 Å². The molecule has 0 radical (unpaired) electrons. The van der Waals surface area contributed by atoms with Crippen molar-refractivity contribution in [1.82, 2.24) is 4.90 Å². The maximum atomic E-state index is 14.0. The van der Waals surface area contributed by atoms with E-state index in [1.165, 1.54) is 0 Å². The van der Waals surface area contributed by atoms with Gasteiger partial charge in [0.2, 0.25) is 5.79 Å². The van der Waals surface area contributed by atoms with Crippen LogP contribution in [0.1, 0.15) is 82.3 Å². The number of oxime groups is 1. The van der Waals surface area contributed by atoms with Gasteiger partial charge in [0.1, 0.15) is 29.9 Å². The Hall–Kier alpha value is -4.29. The summed E-state index contributed by atoms with van der Waals surface area (Å²) in [5, 5.41) is 24.7. The SMILES string of the molecule is C=CCO[C@@]12Oc3ccc(Oc4ccc(SC)cc4)cc3[C@H]3[C@H](CCCCO)[C@@H](CCCCO)C=C(C(=NOCc4ccccc4)C[C@@H]1N(CCC)C(=O)OCC)[C@H]32. The lowest BCUT2D eigenvalue weighted by Gasteiger charge is -2.59. The lowest BCUT2D eigenvalue weighted by molar-refractivity contribution is -0.255. The van der Waals surface area contributed by atoms with Gasteiger partial charge in [-0.25, -0.2) is 4.79 Å². The van der Waals surface area contributed by atoms with Crippen molar-refractivity contribution in [3.8, 4) is 17.2 Å². The third-order valence-corrected chi connectivity index (χ3v) is 12.3. The van der Waals surface area contributed by atoms with Crippen molar-refractivity contribution in [3.05, 3.63) is 108 Å². The number of hydrogen-bond donors (Lipinski definition) is 2. The molecule has 10 nitrogen and oxygen atoms in total. The number of benzene rings is 3. The number of rotatable bonds is 21. The van der Waals surface area contributed by atoms with Gasteiger partial charge in [-0.05, 0) is 111 Å². The molecule has 6 atom stereocenters. The van der Waals surface area contributed by atoms with E-state index in [2.05, 4.69) is 25.0 Å². The fraction of sp³-hybridized carbons (Fsp3) is 0.489. The molecule has 0 unspecified atom stereocenters. The van der Waals surface area contributed by atoms with E-state index in [0.717, 1.165) is 58.7 Å². The molecule has 312 valence electrons.